The van der Waals surface area contributed by atoms with Gasteiger partial charge in [-0.2, -0.15) is 0 Å². The molecule has 1 fully saturated rings. The summed E-state index contributed by atoms with van der Waals surface area (Å²) in [7, 11) is 1.62. The number of amides is 1. The van der Waals surface area contributed by atoms with Crippen molar-refractivity contribution >= 4 is 27.5 Å². The van der Waals surface area contributed by atoms with Crippen LogP contribution in [-0.2, 0) is 9.53 Å². The van der Waals surface area contributed by atoms with E-state index in [1.807, 2.05) is 55.5 Å². The van der Waals surface area contributed by atoms with Crippen molar-refractivity contribution in [1.82, 2.24) is 0 Å². The molecule has 0 saturated carbocycles. The van der Waals surface area contributed by atoms with Gasteiger partial charge in [-0.25, -0.2) is 0 Å². The fourth-order valence-electron chi connectivity index (χ4n) is 2.90. The third-order valence-electron chi connectivity index (χ3n) is 4.22. The zero-order chi connectivity index (χ0) is 17.8. The molecule has 2 aromatic rings. The first kappa shape index (κ1) is 17.5. The van der Waals surface area contributed by atoms with Crippen molar-refractivity contribution in [2.45, 2.75) is 19.1 Å². The van der Waals surface area contributed by atoms with E-state index < -0.39 is 6.10 Å². The average molecular weight is 400 g/mol. The number of hydrogen-bond acceptors (Lipinski definition) is 3. The first-order valence-electron chi connectivity index (χ1n) is 7.89. The summed E-state index contributed by atoms with van der Waals surface area (Å²) in [6, 6.07) is 15.4. The molecule has 0 spiro atoms. The van der Waals surface area contributed by atoms with Crippen molar-refractivity contribution in [3.63, 3.8) is 0 Å². The number of carbonyl (C=O) groups is 1. The van der Waals surface area contributed by atoms with Crippen LogP contribution in [0, 0.1) is 17.7 Å². The van der Waals surface area contributed by atoms with Gasteiger partial charge in [0.2, 0.25) is 0 Å². The summed E-state index contributed by atoms with van der Waals surface area (Å²) in [5.74, 6) is 3.47. The number of rotatable bonds is 5. The molecule has 1 aliphatic heterocycles. The molecule has 1 aliphatic rings. The first-order valence-corrected chi connectivity index (χ1v) is 8.69. The van der Waals surface area contributed by atoms with Gasteiger partial charge in [0.1, 0.15) is 12.4 Å². The second-order valence-electron chi connectivity index (χ2n) is 5.76. The number of β-lactam (4-membered cyclic amide) rings is 1. The van der Waals surface area contributed by atoms with Crippen LogP contribution in [0.1, 0.15) is 17.2 Å². The van der Waals surface area contributed by atoms with Crippen LogP contribution in [0.2, 0.25) is 0 Å². The van der Waals surface area contributed by atoms with Crippen molar-refractivity contribution in [3.05, 3.63) is 59.7 Å². The lowest BCUT2D eigenvalue weighted by Crippen LogP contribution is -2.60. The summed E-state index contributed by atoms with van der Waals surface area (Å²) in [6.07, 6.45) is -0.529. The molecule has 0 N–H and O–H groups in total. The lowest BCUT2D eigenvalue weighted by molar-refractivity contribution is -0.141. The van der Waals surface area contributed by atoms with Crippen LogP contribution in [0.25, 0.3) is 0 Å². The van der Waals surface area contributed by atoms with Crippen molar-refractivity contribution < 1.29 is 14.3 Å². The standard InChI is InChI=1S/C20H18BrNO3/c1-14-4-6-15(7-5-14)18-19(25-13-3-12-21)20(23)22(18)16-8-10-17(24-2)11-9-16/h4-11,18-19H,13H2,1-2H3/t18-,19+/m0/s1. The van der Waals surface area contributed by atoms with E-state index in [1.165, 1.54) is 5.56 Å². The van der Waals surface area contributed by atoms with Crippen molar-refractivity contribution in [2.75, 3.05) is 18.6 Å². The van der Waals surface area contributed by atoms with E-state index in [9.17, 15) is 4.79 Å². The van der Waals surface area contributed by atoms with E-state index >= 15 is 0 Å². The number of aryl methyl sites for hydroxylation is 1. The molecule has 0 aromatic heterocycles. The highest BCUT2D eigenvalue weighted by Crippen LogP contribution is 2.41. The summed E-state index contributed by atoms with van der Waals surface area (Å²) in [5.41, 5.74) is 3.04. The van der Waals surface area contributed by atoms with Crippen molar-refractivity contribution in [3.8, 4) is 16.5 Å². The molecule has 1 saturated heterocycles. The van der Waals surface area contributed by atoms with Crippen LogP contribution < -0.4 is 9.64 Å². The molecular formula is C20H18BrNO3. The molecule has 1 amide bonds. The Labute approximate surface area is 155 Å². The molecule has 0 radical (unpaired) electrons. The van der Waals surface area contributed by atoms with Gasteiger partial charge in [0.05, 0.1) is 13.2 Å². The number of hydrogen-bond donors (Lipinski definition) is 0. The zero-order valence-electron chi connectivity index (χ0n) is 14.0. The Hall–Kier alpha value is -2.29. The minimum Gasteiger partial charge on any atom is -0.497 e. The maximum atomic E-state index is 12.7. The third-order valence-corrected chi connectivity index (χ3v) is 4.50. The van der Waals surface area contributed by atoms with E-state index in [0.717, 1.165) is 17.0 Å². The summed E-state index contributed by atoms with van der Waals surface area (Å²) in [5, 5.41) is 0. The van der Waals surface area contributed by atoms with Crippen LogP contribution in [0.15, 0.2) is 48.5 Å². The molecule has 4 nitrogen and oxygen atoms in total. The van der Waals surface area contributed by atoms with Gasteiger partial charge in [0, 0.05) is 21.6 Å². The number of anilines is 1. The van der Waals surface area contributed by atoms with Gasteiger partial charge >= 0.3 is 0 Å². The van der Waals surface area contributed by atoms with Crippen molar-refractivity contribution in [2.24, 2.45) is 0 Å². The highest BCUT2D eigenvalue weighted by atomic mass is 79.9. The fourth-order valence-corrected chi connectivity index (χ4v) is 3.02. The van der Waals surface area contributed by atoms with Crippen LogP contribution >= 0.6 is 15.9 Å². The smallest absolute Gasteiger partial charge is 0.259 e. The van der Waals surface area contributed by atoms with Crippen LogP contribution in [0.3, 0.4) is 0 Å². The Bertz CT molecular complexity index is 806. The number of nitrogens with zero attached hydrogens (tertiary/aromatic N) is 1. The normalized spacial score (nSPS) is 19.0. The van der Waals surface area contributed by atoms with Gasteiger partial charge in [0.25, 0.3) is 5.91 Å². The summed E-state index contributed by atoms with van der Waals surface area (Å²) in [4.78, 5) is 17.0. The first-order chi connectivity index (χ1) is 12.2. The Kier molecular flexibility index (Phi) is 5.42. The molecule has 2 aromatic carbocycles. The molecule has 0 unspecified atom stereocenters. The van der Waals surface area contributed by atoms with Gasteiger partial charge in [-0.3, -0.25) is 9.69 Å². The molecule has 25 heavy (non-hydrogen) atoms. The largest absolute Gasteiger partial charge is 0.497 e. The monoisotopic (exact) mass is 399 g/mol. The predicted molar refractivity (Wildman–Crippen MR) is 101 cm³/mol. The zero-order valence-corrected chi connectivity index (χ0v) is 15.6. The quantitative estimate of drug-likeness (QED) is 0.566. The van der Waals surface area contributed by atoms with Gasteiger partial charge < -0.3 is 9.47 Å². The predicted octanol–water partition coefficient (Wildman–Crippen LogP) is 3.83. The molecule has 2 atom stereocenters. The Morgan fingerprint density at radius 2 is 1.80 bits per heavy atom. The number of halogens is 1. The maximum absolute atomic E-state index is 12.7. The Balaban J connectivity index is 1.90. The fraction of sp³-hybridized carbons (Fsp3) is 0.250. The van der Waals surface area contributed by atoms with Crippen LogP contribution in [0.5, 0.6) is 5.75 Å². The molecule has 5 heteroatoms. The molecule has 0 aliphatic carbocycles. The summed E-state index contributed by atoms with van der Waals surface area (Å²) >= 11 is 3.04. The Morgan fingerprint density at radius 1 is 1.12 bits per heavy atom. The maximum Gasteiger partial charge on any atom is 0.259 e. The summed E-state index contributed by atoms with van der Waals surface area (Å²) in [6.45, 7) is 2.25. The van der Waals surface area contributed by atoms with Crippen LogP contribution in [-0.4, -0.2) is 25.7 Å². The van der Waals surface area contributed by atoms with Gasteiger partial charge in [-0.05, 0) is 41.6 Å². The minimum atomic E-state index is -0.529. The second kappa shape index (κ2) is 7.73. The third kappa shape index (κ3) is 3.55. The molecular weight excluding hydrogens is 382 g/mol. The summed E-state index contributed by atoms with van der Waals surface area (Å²) < 4.78 is 10.9. The average Bonchev–Trinajstić information content (AvgIpc) is 2.64. The van der Waals surface area contributed by atoms with Gasteiger partial charge in [0.15, 0.2) is 6.10 Å². The van der Waals surface area contributed by atoms with E-state index in [1.54, 1.807) is 12.0 Å². The molecule has 3 rings (SSSR count). The lowest BCUT2D eigenvalue weighted by atomic mass is 9.89. The highest BCUT2D eigenvalue weighted by molar-refractivity contribution is 9.12. The molecule has 0 bridgehead atoms. The topological polar surface area (TPSA) is 38.8 Å². The van der Waals surface area contributed by atoms with E-state index in [2.05, 4.69) is 26.7 Å². The van der Waals surface area contributed by atoms with E-state index in [0.29, 0.717) is 0 Å². The van der Waals surface area contributed by atoms with E-state index in [-0.39, 0.29) is 18.6 Å². The highest BCUT2D eigenvalue weighted by Gasteiger charge is 2.49. The number of methoxy groups -OCH3 is 1. The Morgan fingerprint density at radius 3 is 2.40 bits per heavy atom. The number of carbonyl (C=O) groups excluding carboxylic acids is 1. The van der Waals surface area contributed by atoms with Crippen LogP contribution in [0.4, 0.5) is 5.69 Å². The molecule has 128 valence electrons. The van der Waals surface area contributed by atoms with Gasteiger partial charge in [-0.1, -0.05) is 35.7 Å². The van der Waals surface area contributed by atoms with Crippen molar-refractivity contribution in [1.29, 1.82) is 0 Å². The number of ether oxygens (including phenoxy) is 2. The second-order valence-corrected chi connectivity index (χ2v) is 6.16. The molecule has 1 heterocycles. The minimum absolute atomic E-state index is 0.0629. The number of benzene rings is 2. The SMILES string of the molecule is COc1ccc(N2C(=O)[C@H](OCC#CBr)[C@@H]2c2ccc(C)cc2)cc1. The van der Waals surface area contributed by atoms with Gasteiger partial charge in [-0.15, -0.1) is 0 Å². The van der Waals surface area contributed by atoms with E-state index in [4.69, 9.17) is 9.47 Å². The lowest BCUT2D eigenvalue weighted by Gasteiger charge is -2.46.